The van der Waals surface area contributed by atoms with E-state index in [-0.39, 0.29) is 41.3 Å². The topological polar surface area (TPSA) is 136 Å². The van der Waals surface area contributed by atoms with E-state index in [1.165, 1.54) is 22.5 Å². The van der Waals surface area contributed by atoms with Gasteiger partial charge in [0.2, 0.25) is 15.9 Å². The highest BCUT2D eigenvalue weighted by Crippen LogP contribution is 2.28. The summed E-state index contributed by atoms with van der Waals surface area (Å²) < 4.78 is 31.9. The molecule has 11 heteroatoms. The van der Waals surface area contributed by atoms with E-state index < -0.39 is 14.9 Å². The number of non-ortho nitro benzene ring substituents is 1. The number of amides is 1. The van der Waals surface area contributed by atoms with Gasteiger partial charge in [-0.1, -0.05) is 11.2 Å². The summed E-state index contributed by atoms with van der Waals surface area (Å²) in [6.45, 7) is 3.51. The SMILES string of the molecule is Cc1noc(C)c1S(=O)(=O)N1CCC(C(=O)Nc2cccc([N+](=O)[O-])c2)CC1. The van der Waals surface area contributed by atoms with E-state index in [1.807, 2.05) is 0 Å². The molecule has 1 aliphatic rings. The molecule has 3 rings (SSSR count). The Labute approximate surface area is 161 Å². The van der Waals surface area contributed by atoms with Crippen LogP contribution >= 0.6 is 0 Å². The van der Waals surface area contributed by atoms with Crippen LogP contribution in [0.25, 0.3) is 0 Å². The van der Waals surface area contributed by atoms with Crippen LogP contribution < -0.4 is 5.32 Å². The zero-order valence-corrected chi connectivity index (χ0v) is 16.2. The summed E-state index contributed by atoms with van der Waals surface area (Å²) in [5.41, 5.74) is 0.534. The molecule has 10 nitrogen and oxygen atoms in total. The van der Waals surface area contributed by atoms with Gasteiger partial charge >= 0.3 is 0 Å². The number of benzene rings is 1. The number of aryl methyl sites for hydroxylation is 2. The Hall–Kier alpha value is -2.79. The van der Waals surface area contributed by atoms with E-state index in [1.54, 1.807) is 19.9 Å². The molecule has 1 aromatic carbocycles. The first-order valence-corrected chi connectivity index (χ1v) is 10.1. The average Bonchev–Trinajstić information content (AvgIpc) is 3.01. The third kappa shape index (κ3) is 3.90. The second-order valence-corrected chi connectivity index (χ2v) is 8.50. The number of sulfonamides is 1. The van der Waals surface area contributed by atoms with E-state index in [0.29, 0.717) is 24.2 Å². The maximum absolute atomic E-state index is 12.8. The maximum atomic E-state index is 12.8. The molecule has 0 radical (unpaired) electrons. The number of nitro benzene ring substituents is 1. The maximum Gasteiger partial charge on any atom is 0.271 e. The van der Waals surface area contributed by atoms with E-state index >= 15 is 0 Å². The van der Waals surface area contributed by atoms with Gasteiger partial charge in [0.1, 0.15) is 10.6 Å². The predicted octanol–water partition coefficient (Wildman–Crippen LogP) is 2.24. The summed E-state index contributed by atoms with van der Waals surface area (Å²) >= 11 is 0. The molecule has 0 aliphatic carbocycles. The quantitative estimate of drug-likeness (QED) is 0.592. The summed E-state index contributed by atoms with van der Waals surface area (Å²) in [5.74, 6) is -0.423. The fourth-order valence-corrected chi connectivity index (χ4v) is 5.03. The smallest absolute Gasteiger partial charge is 0.271 e. The van der Waals surface area contributed by atoms with Crippen LogP contribution in [0.3, 0.4) is 0 Å². The van der Waals surface area contributed by atoms with E-state index in [2.05, 4.69) is 10.5 Å². The molecule has 1 aromatic heterocycles. The Morgan fingerprint density at radius 1 is 1.32 bits per heavy atom. The third-order valence-electron chi connectivity index (χ3n) is 4.71. The lowest BCUT2D eigenvalue weighted by Gasteiger charge is -2.30. The molecule has 1 amide bonds. The molecule has 1 saturated heterocycles. The van der Waals surface area contributed by atoms with Crippen LogP contribution in [0.1, 0.15) is 24.3 Å². The summed E-state index contributed by atoms with van der Waals surface area (Å²) in [6.07, 6.45) is 0.701. The van der Waals surface area contributed by atoms with Crippen molar-refractivity contribution < 1.29 is 22.7 Å². The van der Waals surface area contributed by atoms with Crippen LogP contribution in [0, 0.1) is 29.9 Å². The van der Waals surface area contributed by atoms with E-state index in [9.17, 15) is 23.3 Å². The van der Waals surface area contributed by atoms with E-state index in [4.69, 9.17) is 4.52 Å². The number of piperidine rings is 1. The Morgan fingerprint density at radius 2 is 2.00 bits per heavy atom. The number of nitro groups is 1. The standard InChI is InChI=1S/C17H20N4O6S/c1-11-16(12(2)27-19-11)28(25,26)20-8-6-13(7-9-20)17(22)18-14-4-3-5-15(10-14)21(23)24/h3-5,10,13H,6-9H2,1-2H3,(H,18,22). The van der Waals surface area contributed by atoms with Crippen LogP contribution in [0.4, 0.5) is 11.4 Å². The highest BCUT2D eigenvalue weighted by molar-refractivity contribution is 7.89. The summed E-state index contributed by atoms with van der Waals surface area (Å²) in [7, 11) is -3.73. The number of nitrogens with zero attached hydrogens (tertiary/aromatic N) is 3. The Morgan fingerprint density at radius 3 is 2.57 bits per heavy atom. The molecule has 0 bridgehead atoms. The number of hydrogen-bond acceptors (Lipinski definition) is 7. The molecular weight excluding hydrogens is 388 g/mol. The first-order valence-electron chi connectivity index (χ1n) is 8.68. The minimum absolute atomic E-state index is 0.0759. The minimum Gasteiger partial charge on any atom is -0.360 e. The Kier molecular flexibility index (Phi) is 5.47. The molecule has 1 N–H and O–H groups in total. The van der Waals surface area contributed by atoms with Crippen molar-refractivity contribution in [2.45, 2.75) is 31.6 Å². The first-order chi connectivity index (χ1) is 13.2. The number of hydrogen-bond donors (Lipinski definition) is 1. The van der Waals surface area contributed by atoms with Gasteiger partial charge in [-0.3, -0.25) is 14.9 Å². The fourth-order valence-electron chi connectivity index (χ4n) is 3.27. The monoisotopic (exact) mass is 408 g/mol. The number of rotatable bonds is 5. The van der Waals surface area contributed by atoms with Gasteiger partial charge in [-0.15, -0.1) is 0 Å². The highest BCUT2D eigenvalue weighted by atomic mass is 32.2. The van der Waals surface area contributed by atoms with Crippen LogP contribution in [-0.4, -0.2) is 41.8 Å². The van der Waals surface area contributed by atoms with Crippen molar-refractivity contribution in [1.82, 2.24) is 9.46 Å². The van der Waals surface area contributed by atoms with Gasteiger partial charge < -0.3 is 9.84 Å². The Balaban J connectivity index is 1.64. The molecule has 0 saturated carbocycles. The van der Waals surface area contributed by atoms with Gasteiger partial charge in [0.15, 0.2) is 5.76 Å². The van der Waals surface area contributed by atoms with Crippen molar-refractivity contribution in [1.29, 1.82) is 0 Å². The van der Waals surface area contributed by atoms with Gasteiger partial charge in [-0.2, -0.15) is 4.31 Å². The van der Waals surface area contributed by atoms with Crippen molar-refractivity contribution in [3.63, 3.8) is 0 Å². The van der Waals surface area contributed by atoms with E-state index in [0.717, 1.165) is 0 Å². The van der Waals surface area contributed by atoms with Gasteiger partial charge in [-0.25, -0.2) is 8.42 Å². The molecule has 2 heterocycles. The van der Waals surface area contributed by atoms with Crippen molar-refractivity contribution in [2.75, 3.05) is 18.4 Å². The Bertz CT molecular complexity index is 989. The van der Waals surface area contributed by atoms with Gasteiger partial charge in [0.05, 0.1) is 4.92 Å². The van der Waals surface area contributed by atoms with Gasteiger partial charge in [0, 0.05) is 36.8 Å². The number of anilines is 1. The lowest BCUT2D eigenvalue weighted by Crippen LogP contribution is -2.41. The van der Waals surface area contributed by atoms with Gasteiger partial charge in [-0.05, 0) is 32.8 Å². The number of carbonyl (C=O) groups is 1. The molecular formula is C17H20N4O6S. The number of nitrogens with one attached hydrogen (secondary N) is 1. The summed E-state index contributed by atoms with van der Waals surface area (Å²) in [4.78, 5) is 22.8. The van der Waals surface area contributed by atoms with Crippen LogP contribution in [0.5, 0.6) is 0 Å². The largest absolute Gasteiger partial charge is 0.360 e. The lowest BCUT2D eigenvalue weighted by atomic mass is 9.97. The zero-order chi connectivity index (χ0) is 20.5. The first kappa shape index (κ1) is 20.0. The van der Waals surface area contributed by atoms with Gasteiger partial charge in [0.25, 0.3) is 5.69 Å². The molecule has 0 atom stereocenters. The fraction of sp³-hybridized carbons (Fsp3) is 0.412. The number of aromatic nitrogens is 1. The zero-order valence-electron chi connectivity index (χ0n) is 15.4. The molecule has 0 unspecified atom stereocenters. The predicted molar refractivity (Wildman–Crippen MR) is 99.2 cm³/mol. The van der Waals surface area contributed by atoms with Crippen molar-refractivity contribution in [2.24, 2.45) is 5.92 Å². The van der Waals surface area contributed by atoms with Crippen LogP contribution in [0.2, 0.25) is 0 Å². The van der Waals surface area contributed by atoms with Crippen LogP contribution in [-0.2, 0) is 14.8 Å². The summed E-state index contributed by atoms with van der Waals surface area (Å²) in [5, 5.41) is 17.2. The van der Waals surface area contributed by atoms with Crippen molar-refractivity contribution >= 4 is 27.3 Å². The van der Waals surface area contributed by atoms with Crippen molar-refractivity contribution in [3.05, 3.63) is 45.8 Å². The molecule has 2 aromatic rings. The molecule has 0 spiro atoms. The molecule has 28 heavy (non-hydrogen) atoms. The second kappa shape index (κ2) is 7.68. The highest BCUT2D eigenvalue weighted by Gasteiger charge is 2.35. The summed E-state index contributed by atoms with van der Waals surface area (Å²) in [6, 6.07) is 5.69. The van der Waals surface area contributed by atoms with Crippen LogP contribution in [0.15, 0.2) is 33.7 Å². The molecule has 1 aliphatic heterocycles. The average molecular weight is 408 g/mol. The lowest BCUT2D eigenvalue weighted by molar-refractivity contribution is -0.384. The number of carbonyl (C=O) groups excluding carboxylic acids is 1. The third-order valence-corrected chi connectivity index (χ3v) is 6.86. The second-order valence-electron chi connectivity index (χ2n) is 6.63. The molecule has 150 valence electrons. The normalized spacial score (nSPS) is 16.1. The molecule has 1 fully saturated rings. The minimum atomic E-state index is -3.73. The van der Waals surface area contributed by atoms with Crippen molar-refractivity contribution in [3.8, 4) is 0 Å².